The van der Waals surface area contributed by atoms with Crippen LogP contribution >= 0.6 is 0 Å². The highest BCUT2D eigenvalue weighted by Crippen LogP contribution is 2.32. The van der Waals surface area contributed by atoms with Gasteiger partial charge in [-0.25, -0.2) is 13.5 Å². The number of nitrogens with one attached hydrogen (secondary N) is 1. The number of aliphatic hydroxyl groups is 1. The van der Waals surface area contributed by atoms with E-state index < -0.39 is 18.1 Å². The van der Waals surface area contributed by atoms with Crippen molar-refractivity contribution in [2.24, 2.45) is 5.92 Å². The highest BCUT2D eigenvalue weighted by atomic mass is 19.3. The van der Waals surface area contributed by atoms with Gasteiger partial charge in [-0.15, -0.1) is 0 Å². The lowest BCUT2D eigenvalue weighted by Crippen LogP contribution is -2.20. The minimum Gasteiger partial charge on any atom is -0.390 e. The van der Waals surface area contributed by atoms with Crippen molar-refractivity contribution in [1.29, 1.82) is 0 Å². The van der Waals surface area contributed by atoms with E-state index in [1.54, 1.807) is 12.1 Å². The van der Waals surface area contributed by atoms with E-state index in [-0.39, 0.29) is 40.2 Å². The maximum absolute atomic E-state index is 13.5. The number of aromatic nitrogens is 4. The summed E-state index contributed by atoms with van der Waals surface area (Å²) in [6, 6.07) is 5.58. The molecule has 0 aliphatic rings. The van der Waals surface area contributed by atoms with Gasteiger partial charge in [-0.1, -0.05) is 38.1 Å². The summed E-state index contributed by atoms with van der Waals surface area (Å²) >= 11 is 0. The number of alkyl halides is 2. The normalized spacial score (nSPS) is 13.4. The van der Waals surface area contributed by atoms with Gasteiger partial charge in [0.15, 0.2) is 5.65 Å². The molecule has 7 nitrogen and oxygen atoms in total. The number of nitrogens with two attached hydrogens (primary N) is 1. The van der Waals surface area contributed by atoms with Gasteiger partial charge in [0.2, 0.25) is 5.95 Å². The van der Waals surface area contributed by atoms with Crippen molar-refractivity contribution >= 4 is 17.0 Å². The first-order chi connectivity index (χ1) is 12.6. The Hall–Kier alpha value is -2.81. The molecule has 144 valence electrons. The van der Waals surface area contributed by atoms with Crippen LogP contribution in [0.15, 0.2) is 29.1 Å². The Labute approximate surface area is 153 Å². The first-order valence-electron chi connectivity index (χ1n) is 8.49. The summed E-state index contributed by atoms with van der Waals surface area (Å²) in [5, 5.41) is 14.1. The predicted molar refractivity (Wildman–Crippen MR) is 97.5 cm³/mol. The van der Waals surface area contributed by atoms with Gasteiger partial charge < -0.3 is 10.8 Å². The molecule has 0 aliphatic heterocycles. The molecule has 0 unspecified atom stereocenters. The molecule has 0 spiro atoms. The van der Waals surface area contributed by atoms with Crippen LogP contribution in [-0.2, 0) is 12.5 Å². The molecule has 0 bridgehead atoms. The number of nitrogen functional groups attached to an aromatic ring is 1. The molecule has 4 N–H and O–H groups in total. The van der Waals surface area contributed by atoms with Crippen molar-refractivity contribution in [3.63, 3.8) is 0 Å². The number of anilines is 1. The van der Waals surface area contributed by atoms with Gasteiger partial charge in [0, 0.05) is 12.5 Å². The monoisotopic (exact) mass is 377 g/mol. The maximum Gasteiger partial charge on any atom is 0.270 e. The van der Waals surface area contributed by atoms with Gasteiger partial charge in [-0.05, 0) is 11.5 Å². The molecule has 2 aromatic heterocycles. The fourth-order valence-electron chi connectivity index (χ4n) is 3.22. The van der Waals surface area contributed by atoms with Crippen LogP contribution in [0.1, 0.15) is 43.6 Å². The summed E-state index contributed by atoms with van der Waals surface area (Å²) in [4.78, 5) is 18.8. The van der Waals surface area contributed by atoms with Crippen molar-refractivity contribution in [3.05, 3.63) is 51.4 Å². The number of aromatic amines is 1. The van der Waals surface area contributed by atoms with Gasteiger partial charge in [-0.3, -0.25) is 9.78 Å². The highest BCUT2D eigenvalue weighted by molar-refractivity contribution is 5.78. The first kappa shape index (κ1) is 19.0. The average molecular weight is 377 g/mol. The van der Waals surface area contributed by atoms with Crippen molar-refractivity contribution in [3.8, 4) is 0 Å². The van der Waals surface area contributed by atoms with Gasteiger partial charge >= 0.3 is 0 Å². The Morgan fingerprint density at radius 1 is 1.30 bits per heavy atom. The number of nitrogens with zero attached hydrogens (tertiary/aromatic N) is 3. The fraction of sp³-hybridized carbons (Fsp3) is 0.389. The number of fused-ring (bicyclic) bond motifs is 1. The minimum absolute atomic E-state index is 0.00468. The number of H-pyrrole nitrogens is 1. The van der Waals surface area contributed by atoms with E-state index in [4.69, 9.17) is 5.73 Å². The van der Waals surface area contributed by atoms with E-state index in [2.05, 4.69) is 15.1 Å². The van der Waals surface area contributed by atoms with Crippen molar-refractivity contribution < 1.29 is 13.9 Å². The lowest BCUT2D eigenvalue weighted by atomic mass is 9.94. The molecule has 9 heteroatoms. The number of rotatable bonds is 5. The van der Waals surface area contributed by atoms with E-state index in [1.807, 2.05) is 13.8 Å². The molecule has 27 heavy (non-hydrogen) atoms. The lowest BCUT2D eigenvalue weighted by Gasteiger charge is -2.23. The van der Waals surface area contributed by atoms with Crippen LogP contribution < -0.4 is 11.3 Å². The number of aliphatic hydroxyl groups excluding tert-OH is 1. The zero-order valence-corrected chi connectivity index (χ0v) is 15.2. The van der Waals surface area contributed by atoms with E-state index in [9.17, 15) is 18.7 Å². The predicted octanol–water partition coefficient (Wildman–Crippen LogP) is 2.55. The summed E-state index contributed by atoms with van der Waals surface area (Å²) in [6.07, 6.45) is 0. The van der Waals surface area contributed by atoms with E-state index in [0.717, 1.165) is 12.5 Å². The highest BCUT2D eigenvalue weighted by Gasteiger charge is 2.27. The lowest BCUT2D eigenvalue weighted by molar-refractivity contribution is 0.0174. The fourth-order valence-corrected chi connectivity index (χ4v) is 3.22. The standard InChI is InChI=1S/C18H21F2N5O2/c1-9(2)14(10-4-6-11(7-5-10)18(3,19)20)25-15-13(12(8-26)24-25)16(27)23-17(21)22-15/h4-7,9,14,26H,8H2,1-3H3,(H3,21,22,23,27)/t14-/m1/s1. The third-order valence-electron chi connectivity index (χ3n) is 4.46. The van der Waals surface area contributed by atoms with E-state index in [0.29, 0.717) is 0 Å². The Kier molecular flexibility index (Phi) is 4.73. The van der Waals surface area contributed by atoms with Crippen LogP contribution in [0.4, 0.5) is 14.7 Å². The molecule has 3 aromatic rings. The molecule has 1 aromatic carbocycles. The summed E-state index contributed by atoms with van der Waals surface area (Å²) in [5.41, 5.74) is 6.25. The number of halogens is 2. The van der Waals surface area contributed by atoms with Crippen LogP contribution in [0, 0.1) is 5.92 Å². The molecule has 0 saturated heterocycles. The van der Waals surface area contributed by atoms with Gasteiger partial charge in [-0.2, -0.15) is 10.1 Å². The van der Waals surface area contributed by atoms with Crippen LogP contribution in [0.2, 0.25) is 0 Å². The topological polar surface area (TPSA) is 110 Å². The molecule has 0 radical (unpaired) electrons. The van der Waals surface area contributed by atoms with Crippen LogP contribution in [0.5, 0.6) is 0 Å². The summed E-state index contributed by atoms with van der Waals surface area (Å²) in [7, 11) is 0. The second-order valence-electron chi connectivity index (χ2n) is 6.90. The Morgan fingerprint density at radius 2 is 1.93 bits per heavy atom. The zero-order valence-electron chi connectivity index (χ0n) is 15.2. The van der Waals surface area contributed by atoms with Crippen molar-refractivity contribution in [2.45, 2.75) is 39.3 Å². The summed E-state index contributed by atoms with van der Waals surface area (Å²) in [5.74, 6) is -3.01. The second kappa shape index (κ2) is 6.73. The maximum atomic E-state index is 13.5. The molecular weight excluding hydrogens is 356 g/mol. The Morgan fingerprint density at radius 3 is 2.44 bits per heavy atom. The zero-order chi connectivity index (χ0) is 19.9. The summed E-state index contributed by atoms with van der Waals surface area (Å²) in [6.45, 7) is 4.28. The first-order valence-corrected chi connectivity index (χ1v) is 8.49. The Balaban J connectivity index is 2.21. The molecule has 3 rings (SSSR count). The number of hydrogen-bond donors (Lipinski definition) is 3. The SMILES string of the molecule is CC(C)[C@H](c1ccc(C(C)(F)F)cc1)n1nc(CO)c2c(=O)[nH]c(N)nc21. The second-order valence-corrected chi connectivity index (χ2v) is 6.90. The van der Waals surface area contributed by atoms with E-state index >= 15 is 0 Å². The van der Waals surface area contributed by atoms with E-state index in [1.165, 1.54) is 16.8 Å². The van der Waals surface area contributed by atoms with Crippen LogP contribution in [0.3, 0.4) is 0 Å². The smallest absolute Gasteiger partial charge is 0.270 e. The largest absolute Gasteiger partial charge is 0.390 e. The van der Waals surface area contributed by atoms with Crippen LogP contribution in [0.25, 0.3) is 11.0 Å². The minimum atomic E-state index is -2.93. The van der Waals surface area contributed by atoms with Crippen molar-refractivity contribution in [1.82, 2.24) is 19.7 Å². The molecule has 0 amide bonds. The third kappa shape index (κ3) is 3.42. The number of benzene rings is 1. The van der Waals surface area contributed by atoms with Gasteiger partial charge in [0.05, 0.1) is 12.6 Å². The van der Waals surface area contributed by atoms with Gasteiger partial charge in [0.25, 0.3) is 11.5 Å². The quantitative estimate of drug-likeness (QED) is 0.633. The molecule has 0 fully saturated rings. The molecular formula is C18H21F2N5O2. The summed E-state index contributed by atoms with van der Waals surface area (Å²) < 4.78 is 28.5. The molecule has 0 aliphatic carbocycles. The Bertz CT molecular complexity index is 1020. The molecule has 1 atom stereocenters. The van der Waals surface area contributed by atoms with Crippen LogP contribution in [-0.4, -0.2) is 24.9 Å². The van der Waals surface area contributed by atoms with Crippen molar-refractivity contribution in [2.75, 3.05) is 5.73 Å². The molecule has 2 heterocycles. The number of hydrogen-bond acceptors (Lipinski definition) is 5. The third-order valence-corrected chi connectivity index (χ3v) is 4.46. The average Bonchev–Trinajstić information content (AvgIpc) is 2.93. The van der Waals surface area contributed by atoms with Gasteiger partial charge in [0.1, 0.15) is 11.1 Å². The molecule has 0 saturated carbocycles.